The average Bonchev–Trinajstić information content (AvgIpc) is 3.02. The van der Waals surface area contributed by atoms with E-state index in [1.165, 1.54) is 19.2 Å². The monoisotopic (exact) mass is 379 g/mol. The lowest BCUT2D eigenvalue weighted by molar-refractivity contribution is 0.0950. The molecule has 0 bridgehead atoms. The van der Waals surface area contributed by atoms with Crippen molar-refractivity contribution < 1.29 is 24.1 Å². The van der Waals surface area contributed by atoms with E-state index in [4.69, 9.17) is 14.2 Å². The second-order valence-corrected chi connectivity index (χ2v) is 5.73. The number of aromatic hydroxyl groups is 1. The first-order valence-corrected chi connectivity index (χ1v) is 7.61. The maximum atomic E-state index is 12.3. The highest BCUT2D eigenvalue weighted by Crippen LogP contribution is 2.35. The highest BCUT2D eigenvalue weighted by molar-refractivity contribution is 9.10. The van der Waals surface area contributed by atoms with Crippen LogP contribution in [0, 0.1) is 0 Å². The second-order valence-electron chi connectivity index (χ2n) is 4.88. The van der Waals surface area contributed by atoms with E-state index < -0.39 is 0 Å². The zero-order valence-electron chi connectivity index (χ0n) is 12.3. The smallest absolute Gasteiger partial charge is 0.251 e. The zero-order valence-corrected chi connectivity index (χ0v) is 13.8. The lowest BCUT2D eigenvalue weighted by Crippen LogP contribution is -2.22. The number of amides is 1. The van der Waals surface area contributed by atoms with Gasteiger partial charge in [-0.15, -0.1) is 0 Å². The molecular weight excluding hydrogens is 366 g/mol. The summed E-state index contributed by atoms with van der Waals surface area (Å²) in [5.74, 6) is 1.28. The summed E-state index contributed by atoms with van der Waals surface area (Å²) in [5, 5.41) is 12.6. The maximum Gasteiger partial charge on any atom is 0.251 e. The zero-order chi connectivity index (χ0) is 16.4. The van der Waals surface area contributed by atoms with E-state index in [1.807, 2.05) is 18.2 Å². The van der Waals surface area contributed by atoms with Crippen molar-refractivity contribution in [3.63, 3.8) is 0 Å². The van der Waals surface area contributed by atoms with E-state index >= 15 is 0 Å². The fourth-order valence-corrected chi connectivity index (χ4v) is 2.64. The molecule has 2 aromatic rings. The number of fused-ring (bicyclic) bond motifs is 1. The molecule has 0 saturated heterocycles. The van der Waals surface area contributed by atoms with Gasteiger partial charge in [-0.1, -0.05) is 6.07 Å². The minimum Gasteiger partial charge on any atom is -0.503 e. The molecule has 0 fully saturated rings. The summed E-state index contributed by atoms with van der Waals surface area (Å²) in [6, 6.07) is 8.52. The molecule has 120 valence electrons. The molecule has 23 heavy (non-hydrogen) atoms. The summed E-state index contributed by atoms with van der Waals surface area (Å²) in [7, 11) is 1.43. The number of carbonyl (C=O) groups is 1. The summed E-state index contributed by atoms with van der Waals surface area (Å²) >= 11 is 3.20. The molecule has 0 atom stereocenters. The van der Waals surface area contributed by atoms with Crippen molar-refractivity contribution in [2.75, 3.05) is 13.9 Å². The van der Waals surface area contributed by atoms with Crippen LogP contribution in [0.25, 0.3) is 0 Å². The molecule has 2 N–H and O–H groups in total. The first kappa shape index (κ1) is 15.5. The van der Waals surface area contributed by atoms with E-state index in [2.05, 4.69) is 21.2 Å². The van der Waals surface area contributed by atoms with Gasteiger partial charge in [0, 0.05) is 12.1 Å². The molecule has 2 aromatic carbocycles. The van der Waals surface area contributed by atoms with Crippen LogP contribution in [0.2, 0.25) is 0 Å². The number of halogens is 1. The topological polar surface area (TPSA) is 77.0 Å². The van der Waals surface area contributed by atoms with Crippen LogP contribution in [-0.2, 0) is 6.54 Å². The second kappa shape index (κ2) is 6.37. The van der Waals surface area contributed by atoms with E-state index in [-0.39, 0.29) is 24.2 Å². The maximum absolute atomic E-state index is 12.3. The van der Waals surface area contributed by atoms with Crippen LogP contribution in [0.3, 0.4) is 0 Å². The van der Waals surface area contributed by atoms with Gasteiger partial charge in [0.1, 0.15) is 0 Å². The van der Waals surface area contributed by atoms with Gasteiger partial charge in [0.15, 0.2) is 23.0 Å². The number of nitrogens with one attached hydrogen (secondary N) is 1. The Labute approximate surface area is 141 Å². The Morgan fingerprint density at radius 2 is 2.09 bits per heavy atom. The van der Waals surface area contributed by atoms with Gasteiger partial charge in [-0.2, -0.15) is 0 Å². The fourth-order valence-electron chi connectivity index (χ4n) is 2.20. The number of phenols is 1. The Morgan fingerprint density at radius 3 is 2.87 bits per heavy atom. The standard InChI is InChI=1S/C16H14BrNO5/c1-21-14-6-10(5-11(17)15(14)19)16(20)18-7-9-2-3-12-13(4-9)23-8-22-12/h2-6,19H,7-8H2,1H3,(H,18,20). The van der Waals surface area contributed by atoms with Crippen LogP contribution in [-0.4, -0.2) is 24.9 Å². The summed E-state index contributed by atoms with van der Waals surface area (Å²) in [4.78, 5) is 12.3. The molecule has 0 radical (unpaired) electrons. The Hall–Kier alpha value is -2.41. The minimum atomic E-state index is -0.276. The minimum absolute atomic E-state index is 0.0418. The number of ether oxygens (including phenoxy) is 3. The molecule has 0 spiro atoms. The van der Waals surface area contributed by atoms with Crippen molar-refractivity contribution in [2.24, 2.45) is 0 Å². The van der Waals surface area contributed by atoms with Gasteiger partial charge in [0.2, 0.25) is 6.79 Å². The number of methoxy groups -OCH3 is 1. The molecular formula is C16H14BrNO5. The fraction of sp³-hybridized carbons (Fsp3) is 0.188. The molecule has 6 nitrogen and oxygen atoms in total. The predicted molar refractivity (Wildman–Crippen MR) is 86.1 cm³/mol. The normalized spacial score (nSPS) is 12.1. The third-order valence-electron chi connectivity index (χ3n) is 3.40. The van der Waals surface area contributed by atoms with Crippen molar-refractivity contribution in [1.29, 1.82) is 0 Å². The highest BCUT2D eigenvalue weighted by Gasteiger charge is 2.15. The summed E-state index contributed by atoms with van der Waals surface area (Å²) < 4.78 is 16.0. The number of carbonyl (C=O) groups excluding carboxylic acids is 1. The summed E-state index contributed by atoms with van der Waals surface area (Å²) in [5.41, 5.74) is 1.28. The third kappa shape index (κ3) is 3.19. The van der Waals surface area contributed by atoms with Gasteiger partial charge in [-0.05, 0) is 45.8 Å². The lowest BCUT2D eigenvalue weighted by Gasteiger charge is -2.10. The average molecular weight is 380 g/mol. The Kier molecular flexibility index (Phi) is 4.29. The molecule has 0 saturated carbocycles. The molecule has 0 aliphatic carbocycles. The van der Waals surface area contributed by atoms with Crippen LogP contribution < -0.4 is 19.5 Å². The van der Waals surface area contributed by atoms with Gasteiger partial charge in [0.05, 0.1) is 11.6 Å². The number of hydrogen-bond acceptors (Lipinski definition) is 5. The molecule has 3 rings (SSSR count). The molecule has 1 heterocycles. The Balaban J connectivity index is 1.71. The largest absolute Gasteiger partial charge is 0.503 e. The van der Waals surface area contributed by atoms with E-state index in [1.54, 1.807) is 0 Å². The lowest BCUT2D eigenvalue weighted by atomic mass is 10.1. The van der Waals surface area contributed by atoms with Crippen LogP contribution in [0.15, 0.2) is 34.8 Å². The molecule has 0 aromatic heterocycles. The van der Waals surface area contributed by atoms with Gasteiger partial charge in [-0.25, -0.2) is 0 Å². The van der Waals surface area contributed by atoms with E-state index in [0.29, 0.717) is 28.1 Å². The molecule has 7 heteroatoms. The summed E-state index contributed by atoms with van der Waals surface area (Å²) in [6.07, 6.45) is 0. The van der Waals surface area contributed by atoms with Crippen LogP contribution in [0.4, 0.5) is 0 Å². The predicted octanol–water partition coefficient (Wildman–Crippen LogP) is 2.82. The number of phenolic OH excluding ortho intramolecular Hbond substituents is 1. The van der Waals surface area contributed by atoms with Crippen LogP contribution in [0.5, 0.6) is 23.0 Å². The first-order valence-electron chi connectivity index (χ1n) is 6.81. The SMILES string of the molecule is COc1cc(C(=O)NCc2ccc3c(c2)OCO3)cc(Br)c1O. The quantitative estimate of drug-likeness (QED) is 0.853. The molecule has 0 unspecified atom stereocenters. The number of benzene rings is 2. The van der Waals surface area contributed by atoms with Crippen molar-refractivity contribution in [1.82, 2.24) is 5.32 Å². The van der Waals surface area contributed by atoms with Crippen molar-refractivity contribution in [3.05, 3.63) is 45.9 Å². The Bertz CT molecular complexity index is 762. The van der Waals surface area contributed by atoms with Gasteiger partial charge in [0.25, 0.3) is 5.91 Å². The van der Waals surface area contributed by atoms with Gasteiger partial charge >= 0.3 is 0 Å². The number of hydrogen-bond donors (Lipinski definition) is 2. The first-order chi connectivity index (χ1) is 11.1. The molecule has 1 amide bonds. The Morgan fingerprint density at radius 1 is 1.30 bits per heavy atom. The van der Waals surface area contributed by atoms with Crippen LogP contribution in [0.1, 0.15) is 15.9 Å². The van der Waals surface area contributed by atoms with Gasteiger partial charge < -0.3 is 24.6 Å². The van der Waals surface area contributed by atoms with Crippen molar-refractivity contribution in [3.8, 4) is 23.0 Å². The van der Waals surface area contributed by atoms with E-state index in [9.17, 15) is 9.90 Å². The number of rotatable bonds is 4. The highest BCUT2D eigenvalue weighted by atomic mass is 79.9. The van der Waals surface area contributed by atoms with Crippen molar-refractivity contribution >= 4 is 21.8 Å². The summed E-state index contributed by atoms with van der Waals surface area (Å²) in [6.45, 7) is 0.558. The molecule has 1 aliphatic rings. The van der Waals surface area contributed by atoms with E-state index in [0.717, 1.165) is 5.56 Å². The van der Waals surface area contributed by atoms with Crippen LogP contribution >= 0.6 is 15.9 Å². The molecule has 1 aliphatic heterocycles. The van der Waals surface area contributed by atoms with Crippen molar-refractivity contribution in [2.45, 2.75) is 6.54 Å². The van der Waals surface area contributed by atoms with Gasteiger partial charge in [-0.3, -0.25) is 4.79 Å². The third-order valence-corrected chi connectivity index (χ3v) is 4.01.